The van der Waals surface area contributed by atoms with Crippen molar-refractivity contribution in [3.05, 3.63) is 42.5 Å². The highest BCUT2D eigenvalue weighted by Crippen LogP contribution is 2.35. The van der Waals surface area contributed by atoms with E-state index >= 15 is 0 Å². The number of hydrogen-bond donors (Lipinski definition) is 2. The van der Waals surface area contributed by atoms with Crippen molar-refractivity contribution in [2.75, 3.05) is 23.8 Å². The molecule has 3 N–H and O–H groups in total. The van der Waals surface area contributed by atoms with Crippen LogP contribution in [0.25, 0.3) is 11.0 Å². The number of hydrogen-bond acceptors (Lipinski definition) is 4. The number of rotatable bonds is 1. The number of aromatic nitrogens is 2. The molecule has 106 valence electrons. The molecule has 2 aromatic carbocycles. The van der Waals surface area contributed by atoms with Gasteiger partial charge in [-0.15, -0.1) is 0 Å². The van der Waals surface area contributed by atoms with Gasteiger partial charge in [0.2, 0.25) is 5.95 Å². The van der Waals surface area contributed by atoms with E-state index in [0.29, 0.717) is 0 Å². The number of nitrogens with zero attached hydrogens (tertiary/aromatic N) is 2. The quantitative estimate of drug-likeness (QED) is 0.672. The fourth-order valence-corrected chi connectivity index (χ4v) is 2.69. The van der Waals surface area contributed by atoms with Gasteiger partial charge in [0, 0.05) is 12.2 Å². The zero-order valence-electron chi connectivity index (χ0n) is 11.5. The Bertz CT molecular complexity index is 796. The molecule has 0 radical (unpaired) electrons. The van der Waals surface area contributed by atoms with Crippen LogP contribution in [0.15, 0.2) is 42.5 Å². The van der Waals surface area contributed by atoms with Crippen LogP contribution in [0.3, 0.4) is 0 Å². The van der Waals surface area contributed by atoms with Crippen molar-refractivity contribution in [3.63, 3.8) is 0 Å². The van der Waals surface area contributed by atoms with Gasteiger partial charge in [0.1, 0.15) is 5.75 Å². The Morgan fingerprint density at radius 2 is 2.10 bits per heavy atom. The van der Waals surface area contributed by atoms with Crippen LogP contribution in [0, 0.1) is 0 Å². The van der Waals surface area contributed by atoms with E-state index in [1.165, 1.54) is 0 Å². The number of H-pyrrole nitrogens is 1. The van der Waals surface area contributed by atoms with Crippen LogP contribution in [0.4, 0.5) is 17.3 Å². The summed E-state index contributed by atoms with van der Waals surface area (Å²) in [6.45, 7) is 1.59. The summed E-state index contributed by atoms with van der Waals surface area (Å²) in [6, 6.07) is 13.8. The molecule has 3 aromatic rings. The third kappa shape index (κ3) is 2.07. The van der Waals surface area contributed by atoms with E-state index in [0.717, 1.165) is 53.7 Å². The Kier molecular flexibility index (Phi) is 2.70. The van der Waals surface area contributed by atoms with Gasteiger partial charge in [0.05, 0.1) is 23.3 Å². The van der Waals surface area contributed by atoms with Crippen LogP contribution in [0.2, 0.25) is 0 Å². The summed E-state index contributed by atoms with van der Waals surface area (Å²) < 4.78 is 5.79. The highest BCUT2D eigenvalue weighted by atomic mass is 16.5. The van der Waals surface area contributed by atoms with Gasteiger partial charge in [-0.05, 0) is 36.8 Å². The van der Waals surface area contributed by atoms with Gasteiger partial charge in [-0.3, -0.25) is 0 Å². The van der Waals surface area contributed by atoms with Crippen LogP contribution < -0.4 is 15.4 Å². The number of fused-ring (bicyclic) bond motifs is 2. The van der Waals surface area contributed by atoms with Crippen molar-refractivity contribution in [1.82, 2.24) is 9.97 Å². The van der Waals surface area contributed by atoms with Gasteiger partial charge in [0.25, 0.3) is 0 Å². The summed E-state index contributed by atoms with van der Waals surface area (Å²) in [5, 5.41) is 0. The lowest BCUT2D eigenvalue weighted by atomic mass is 10.2. The van der Waals surface area contributed by atoms with Crippen LogP contribution >= 0.6 is 0 Å². The summed E-state index contributed by atoms with van der Waals surface area (Å²) in [5.41, 5.74) is 9.48. The zero-order chi connectivity index (χ0) is 14.2. The summed E-state index contributed by atoms with van der Waals surface area (Å²) >= 11 is 0. The van der Waals surface area contributed by atoms with Crippen molar-refractivity contribution < 1.29 is 4.74 Å². The predicted octanol–water partition coefficient (Wildman–Crippen LogP) is 3.07. The molecule has 0 aliphatic carbocycles. The molecule has 0 atom stereocenters. The molecule has 0 unspecified atom stereocenters. The lowest BCUT2D eigenvalue weighted by molar-refractivity contribution is 0.322. The normalized spacial score (nSPS) is 14.6. The van der Waals surface area contributed by atoms with E-state index in [9.17, 15) is 0 Å². The standard InChI is InChI=1S/C16H16N4O/c17-11-6-7-12-13(10-11)19-16(18-12)20-8-3-9-21-15-5-2-1-4-14(15)20/h1-2,4-7,10H,3,8-9,17H2,(H,18,19). The lowest BCUT2D eigenvalue weighted by Crippen LogP contribution is -2.18. The van der Waals surface area contributed by atoms with Crippen LogP contribution in [0.1, 0.15) is 6.42 Å². The van der Waals surface area contributed by atoms with Crippen LogP contribution in [-0.2, 0) is 0 Å². The maximum atomic E-state index is 5.83. The summed E-state index contributed by atoms with van der Waals surface area (Å²) in [7, 11) is 0. The monoisotopic (exact) mass is 280 g/mol. The minimum Gasteiger partial charge on any atom is -0.491 e. The number of ether oxygens (including phenoxy) is 1. The number of anilines is 3. The number of nitrogen functional groups attached to an aromatic ring is 1. The van der Waals surface area contributed by atoms with E-state index in [2.05, 4.69) is 20.9 Å². The molecule has 4 rings (SSSR count). The topological polar surface area (TPSA) is 67.2 Å². The van der Waals surface area contributed by atoms with Gasteiger partial charge in [-0.25, -0.2) is 4.98 Å². The molecular formula is C16H16N4O. The molecule has 5 heteroatoms. The lowest BCUT2D eigenvalue weighted by Gasteiger charge is -2.20. The Morgan fingerprint density at radius 3 is 3.05 bits per heavy atom. The van der Waals surface area contributed by atoms with Gasteiger partial charge < -0.3 is 20.4 Å². The van der Waals surface area contributed by atoms with E-state index in [4.69, 9.17) is 10.5 Å². The van der Waals surface area contributed by atoms with Gasteiger partial charge in [0.15, 0.2) is 0 Å². The van der Waals surface area contributed by atoms with E-state index in [1.54, 1.807) is 0 Å². The van der Waals surface area contributed by atoms with Crippen LogP contribution in [-0.4, -0.2) is 23.1 Å². The Morgan fingerprint density at radius 1 is 1.19 bits per heavy atom. The fourth-order valence-electron chi connectivity index (χ4n) is 2.69. The zero-order valence-corrected chi connectivity index (χ0v) is 11.5. The highest BCUT2D eigenvalue weighted by Gasteiger charge is 2.20. The molecule has 2 heterocycles. The van der Waals surface area contributed by atoms with Gasteiger partial charge in [-0.1, -0.05) is 12.1 Å². The fraction of sp³-hybridized carbons (Fsp3) is 0.188. The number of imidazole rings is 1. The molecule has 1 aliphatic rings. The average molecular weight is 280 g/mol. The first-order chi connectivity index (χ1) is 10.3. The molecule has 1 aliphatic heterocycles. The number of nitrogens with one attached hydrogen (secondary N) is 1. The number of benzene rings is 2. The molecule has 1 aromatic heterocycles. The minimum absolute atomic E-state index is 0.723. The average Bonchev–Trinajstić information content (AvgIpc) is 2.78. The largest absolute Gasteiger partial charge is 0.491 e. The molecule has 0 saturated heterocycles. The van der Waals surface area contributed by atoms with Crippen molar-refractivity contribution in [1.29, 1.82) is 0 Å². The smallest absolute Gasteiger partial charge is 0.208 e. The first kappa shape index (κ1) is 12.1. The minimum atomic E-state index is 0.723. The Balaban J connectivity index is 1.84. The predicted molar refractivity (Wildman–Crippen MR) is 84.1 cm³/mol. The second kappa shape index (κ2) is 4.70. The summed E-state index contributed by atoms with van der Waals surface area (Å²) in [5.74, 6) is 1.73. The SMILES string of the molecule is Nc1ccc2nc(N3CCCOc4ccccc43)[nH]c2c1. The summed E-state index contributed by atoms with van der Waals surface area (Å²) in [4.78, 5) is 10.2. The maximum absolute atomic E-state index is 5.83. The molecule has 0 saturated carbocycles. The molecular weight excluding hydrogens is 264 g/mol. The maximum Gasteiger partial charge on any atom is 0.208 e. The second-order valence-electron chi connectivity index (χ2n) is 5.16. The molecule has 0 fully saturated rings. The Hall–Kier alpha value is -2.69. The molecule has 0 bridgehead atoms. The van der Waals surface area contributed by atoms with Crippen LogP contribution in [0.5, 0.6) is 5.75 Å². The number of aromatic amines is 1. The number of para-hydroxylation sites is 2. The van der Waals surface area contributed by atoms with E-state index < -0.39 is 0 Å². The molecule has 5 nitrogen and oxygen atoms in total. The van der Waals surface area contributed by atoms with Crippen molar-refractivity contribution in [2.24, 2.45) is 0 Å². The first-order valence-electron chi connectivity index (χ1n) is 7.06. The van der Waals surface area contributed by atoms with Crippen molar-refractivity contribution in [3.8, 4) is 5.75 Å². The van der Waals surface area contributed by atoms with Crippen molar-refractivity contribution >= 4 is 28.4 Å². The second-order valence-corrected chi connectivity index (χ2v) is 5.16. The molecule has 0 amide bonds. The number of nitrogens with two attached hydrogens (primary N) is 1. The first-order valence-corrected chi connectivity index (χ1v) is 7.06. The van der Waals surface area contributed by atoms with E-state index in [-0.39, 0.29) is 0 Å². The van der Waals surface area contributed by atoms with E-state index in [1.807, 2.05) is 36.4 Å². The third-order valence-electron chi connectivity index (χ3n) is 3.69. The Labute approximate surface area is 122 Å². The van der Waals surface area contributed by atoms with Crippen molar-refractivity contribution in [2.45, 2.75) is 6.42 Å². The third-order valence-corrected chi connectivity index (χ3v) is 3.69. The highest BCUT2D eigenvalue weighted by molar-refractivity contribution is 5.82. The van der Waals surface area contributed by atoms with Gasteiger partial charge in [-0.2, -0.15) is 0 Å². The summed E-state index contributed by atoms with van der Waals surface area (Å²) in [6.07, 6.45) is 0.952. The van der Waals surface area contributed by atoms with Gasteiger partial charge >= 0.3 is 0 Å². The molecule has 21 heavy (non-hydrogen) atoms. The molecule has 0 spiro atoms.